The van der Waals surface area contributed by atoms with E-state index in [9.17, 15) is 9.18 Å². The maximum absolute atomic E-state index is 13.0. The summed E-state index contributed by atoms with van der Waals surface area (Å²) in [5.41, 5.74) is 1.09. The maximum atomic E-state index is 13.0. The first-order chi connectivity index (χ1) is 11.2. The largest absolute Gasteiger partial charge is 0.382 e. The third-order valence-corrected chi connectivity index (χ3v) is 4.16. The van der Waals surface area contributed by atoms with Crippen LogP contribution < -0.4 is 5.32 Å². The van der Waals surface area contributed by atoms with Crippen LogP contribution in [0.2, 0.25) is 0 Å². The lowest BCUT2D eigenvalue weighted by Gasteiger charge is -2.32. The molecular weight excluding hydrogens is 295 g/mol. The van der Waals surface area contributed by atoms with E-state index in [1.54, 1.807) is 0 Å². The topological polar surface area (TPSA) is 41.6 Å². The number of nitrogens with one attached hydrogen (secondary N) is 1. The summed E-state index contributed by atoms with van der Waals surface area (Å²) in [7, 11) is 0. The van der Waals surface area contributed by atoms with Gasteiger partial charge in [-0.1, -0.05) is 12.1 Å². The van der Waals surface area contributed by atoms with Crippen LogP contribution >= 0.6 is 0 Å². The molecular formula is C18H27FN2O2. The van der Waals surface area contributed by atoms with Gasteiger partial charge in [0.1, 0.15) is 5.82 Å². The minimum atomic E-state index is -0.211. The summed E-state index contributed by atoms with van der Waals surface area (Å²) >= 11 is 0. The van der Waals surface area contributed by atoms with Crippen molar-refractivity contribution in [2.75, 3.05) is 32.8 Å². The Kier molecular flexibility index (Phi) is 7.49. The summed E-state index contributed by atoms with van der Waals surface area (Å²) in [6.45, 7) is 6.59. The van der Waals surface area contributed by atoms with Gasteiger partial charge in [0, 0.05) is 32.8 Å². The number of carbonyl (C=O) groups excluding carboxylic acids is 1. The third kappa shape index (κ3) is 6.28. The van der Waals surface area contributed by atoms with Crippen molar-refractivity contribution in [2.24, 2.45) is 5.92 Å². The first-order valence-corrected chi connectivity index (χ1v) is 8.51. The van der Waals surface area contributed by atoms with Gasteiger partial charge in [-0.25, -0.2) is 4.39 Å². The highest BCUT2D eigenvalue weighted by atomic mass is 19.1. The second-order valence-corrected chi connectivity index (χ2v) is 6.04. The van der Waals surface area contributed by atoms with Crippen LogP contribution in [0.1, 0.15) is 31.7 Å². The second-order valence-electron chi connectivity index (χ2n) is 6.04. The molecule has 1 heterocycles. The van der Waals surface area contributed by atoms with Gasteiger partial charge in [0.15, 0.2) is 0 Å². The zero-order valence-electron chi connectivity index (χ0n) is 13.9. The molecule has 0 saturated carbocycles. The average molecular weight is 322 g/mol. The number of hydrogen-bond acceptors (Lipinski definition) is 3. The predicted molar refractivity (Wildman–Crippen MR) is 88.5 cm³/mol. The summed E-state index contributed by atoms with van der Waals surface area (Å²) < 4.78 is 18.2. The number of amides is 1. The third-order valence-electron chi connectivity index (χ3n) is 4.16. The van der Waals surface area contributed by atoms with Crippen LogP contribution in [0.5, 0.6) is 0 Å². The van der Waals surface area contributed by atoms with Crippen molar-refractivity contribution in [1.29, 1.82) is 0 Å². The van der Waals surface area contributed by atoms with Crippen molar-refractivity contribution in [3.05, 3.63) is 35.6 Å². The van der Waals surface area contributed by atoms with E-state index in [4.69, 9.17) is 4.74 Å². The van der Waals surface area contributed by atoms with Crippen LogP contribution in [0.25, 0.3) is 0 Å². The molecule has 0 aromatic heterocycles. The summed E-state index contributed by atoms with van der Waals surface area (Å²) in [5.74, 6) is -0.0155. The lowest BCUT2D eigenvalue weighted by Crippen LogP contribution is -2.43. The van der Waals surface area contributed by atoms with Crippen LogP contribution in [0.3, 0.4) is 0 Å². The second kappa shape index (κ2) is 9.63. The molecule has 128 valence electrons. The van der Waals surface area contributed by atoms with Crippen molar-refractivity contribution < 1.29 is 13.9 Å². The fourth-order valence-electron chi connectivity index (χ4n) is 2.94. The summed E-state index contributed by atoms with van der Waals surface area (Å²) in [5, 5.41) is 3.01. The molecule has 5 heteroatoms. The SMILES string of the molecule is CCOCCCNC(=O)C1CCCN(Cc2ccc(F)cc2)C1. The minimum absolute atomic E-state index is 0.0521. The smallest absolute Gasteiger partial charge is 0.224 e. The van der Waals surface area contributed by atoms with Crippen molar-refractivity contribution in [3.63, 3.8) is 0 Å². The molecule has 1 aliphatic rings. The molecule has 1 saturated heterocycles. The van der Waals surface area contributed by atoms with Gasteiger partial charge in [-0.15, -0.1) is 0 Å². The first kappa shape index (κ1) is 17.9. The molecule has 0 spiro atoms. The molecule has 2 rings (SSSR count). The van der Waals surface area contributed by atoms with E-state index in [1.807, 2.05) is 19.1 Å². The zero-order chi connectivity index (χ0) is 16.5. The van der Waals surface area contributed by atoms with Gasteiger partial charge in [-0.2, -0.15) is 0 Å². The highest BCUT2D eigenvalue weighted by Gasteiger charge is 2.25. The zero-order valence-corrected chi connectivity index (χ0v) is 13.9. The van der Waals surface area contributed by atoms with Crippen LogP contribution in [-0.4, -0.2) is 43.7 Å². The molecule has 1 aromatic carbocycles. The minimum Gasteiger partial charge on any atom is -0.382 e. The van der Waals surface area contributed by atoms with Gasteiger partial charge in [-0.05, 0) is 50.4 Å². The number of likely N-dealkylation sites (tertiary alicyclic amines) is 1. The van der Waals surface area contributed by atoms with Gasteiger partial charge in [0.2, 0.25) is 5.91 Å². The number of rotatable bonds is 8. The Bertz CT molecular complexity index is 478. The van der Waals surface area contributed by atoms with Crippen molar-refractivity contribution in [2.45, 2.75) is 32.7 Å². The predicted octanol–water partition coefficient (Wildman–Crippen LogP) is 2.58. The number of hydrogen-bond donors (Lipinski definition) is 1. The molecule has 1 amide bonds. The van der Waals surface area contributed by atoms with Gasteiger partial charge >= 0.3 is 0 Å². The molecule has 1 aromatic rings. The molecule has 1 unspecified atom stereocenters. The Labute approximate surface area is 138 Å². The molecule has 0 aliphatic carbocycles. The first-order valence-electron chi connectivity index (χ1n) is 8.51. The van der Waals surface area contributed by atoms with Crippen LogP contribution in [0.15, 0.2) is 24.3 Å². The van der Waals surface area contributed by atoms with E-state index >= 15 is 0 Å². The van der Waals surface area contributed by atoms with Gasteiger partial charge in [-0.3, -0.25) is 9.69 Å². The van der Waals surface area contributed by atoms with Crippen LogP contribution in [0, 0.1) is 11.7 Å². The Morgan fingerprint density at radius 1 is 1.39 bits per heavy atom. The van der Waals surface area contributed by atoms with E-state index in [0.29, 0.717) is 13.2 Å². The van der Waals surface area contributed by atoms with E-state index in [0.717, 1.165) is 51.1 Å². The number of halogens is 1. The van der Waals surface area contributed by atoms with Gasteiger partial charge < -0.3 is 10.1 Å². The number of benzene rings is 1. The van der Waals surface area contributed by atoms with Crippen LogP contribution in [0.4, 0.5) is 4.39 Å². The molecule has 1 N–H and O–H groups in total. The van der Waals surface area contributed by atoms with Crippen LogP contribution in [-0.2, 0) is 16.1 Å². The normalized spacial score (nSPS) is 18.8. The number of carbonyl (C=O) groups is 1. The standard InChI is InChI=1S/C18H27FN2O2/c1-2-23-12-4-10-20-18(22)16-5-3-11-21(14-16)13-15-6-8-17(19)9-7-15/h6-9,16H,2-5,10-14H2,1H3,(H,20,22). The molecule has 23 heavy (non-hydrogen) atoms. The lowest BCUT2D eigenvalue weighted by molar-refractivity contribution is -0.126. The van der Waals surface area contributed by atoms with Crippen molar-refractivity contribution in [3.8, 4) is 0 Å². The molecule has 1 aliphatic heterocycles. The summed E-state index contributed by atoms with van der Waals surface area (Å²) in [6.07, 6.45) is 2.82. The lowest BCUT2D eigenvalue weighted by atomic mass is 9.96. The highest BCUT2D eigenvalue weighted by Crippen LogP contribution is 2.19. The quantitative estimate of drug-likeness (QED) is 0.748. The van der Waals surface area contributed by atoms with E-state index in [1.165, 1.54) is 12.1 Å². The highest BCUT2D eigenvalue weighted by molar-refractivity contribution is 5.78. The molecule has 1 atom stereocenters. The van der Waals surface area contributed by atoms with Crippen molar-refractivity contribution in [1.82, 2.24) is 10.2 Å². The number of ether oxygens (including phenoxy) is 1. The van der Waals surface area contributed by atoms with E-state index in [-0.39, 0.29) is 17.6 Å². The molecule has 4 nitrogen and oxygen atoms in total. The number of nitrogens with zero attached hydrogens (tertiary/aromatic N) is 1. The molecule has 0 bridgehead atoms. The fourth-order valence-corrected chi connectivity index (χ4v) is 2.94. The average Bonchev–Trinajstić information content (AvgIpc) is 2.57. The Hall–Kier alpha value is -1.46. The Morgan fingerprint density at radius 2 is 2.17 bits per heavy atom. The van der Waals surface area contributed by atoms with Gasteiger partial charge in [0.25, 0.3) is 0 Å². The molecule has 1 fully saturated rings. The Balaban J connectivity index is 1.74. The van der Waals surface area contributed by atoms with Crippen molar-refractivity contribution >= 4 is 5.91 Å². The molecule has 0 radical (unpaired) electrons. The summed E-state index contributed by atoms with van der Waals surface area (Å²) in [6, 6.07) is 6.60. The monoisotopic (exact) mass is 322 g/mol. The number of piperidine rings is 1. The van der Waals surface area contributed by atoms with E-state index < -0.39 is 0 Å². The Morgan fingerprint density at radius 3 is 2.91 bits per heavy atom. The maximum Gasteiger partial charge on any atom is 0.224 e. The van der Waals surface area contributed by atoms with E-state index in [2.05, 4.69) is 10.2 Å². The summed E-state index contributed by atoms with van der Waals surface area (Å²) in [4.78, 5) is 14.5. The fraction of sp³-hybridized carbons (Fsp3) is 0.611. The van der Waals surface area contributed by atoms with Gasteiger partial charge in [0.05, 0.1) is 5.92 Å².